The zero-order valence-electron chi connectivity index (χ0n) is 35.2. The average molecular weight is 1000 g/mol. The first-order valence-corrected chi connectivity index (χ1v) is 24.3. The van der Waals surface area contributed by atoms with Crippen molar-refractivity contribution in [2.75, 3.05) is 53.4 Å². The minimum Gasteiger partial charge on any atom is -1.00 e. The van der Waals surface area contributed by atoms with Crippen LogP contribution in [0.2, 0.25) is 0 Å². The van der Waals surface area contributed by atoms with Gasteiger partial charge in [-0.05, 0) is 69.8 Å². The number of ether oxygens (including phenoxy) is 2. The number of hydrogen-bond acceptors (Lipinski definition) is 10. The molecule has 4 unspecified atom stereocenters. The molecule has 2 aliphatic rings. The summed E-state index contributed by atoms with van der Waals surface area (Å²) in [5.41, 5.74) is -0.713. The minimum absolute atomic E-state index is 0. The third kappa shape index (κ3) is 12.1. The van der Waals surface area contributed by atoms with Crippen molar-refractivity contribution in [2.24, 2.45) is 0 Å². The Hall–Kier alpha value is -3.21. The van der Waals surface area contributed by atoms with E-state index in [2.05, 4.69) is 62.6 Å². The highest BCUT2D eigenvalue weighted by Gasteiger charge is 2.48. The van der Waals surface area contributed by atoms with Crippen LogP contribution in [0.25, 0.3) is 0 Å². The summed E-state index contributed by atoms with van der Waals surface area (Å²) >= 11 is 5.50. The molecule has 2 aliphatic heterocycles. The van der Waals surface area contributed by atoms with E-state index >= 15 is 0 Å². The van der Waals surface area contributed by atoms with Crippen molar-refractivity contribution in [1.29, 1.82) is 0 Å². The average Bonchev–Trinajstić information content (AvgIpc) is 4.11. The summed E-state index contributed by atoms with van der Waals surface area (Å²) in [5, 5.41) is 30.3. The molecule has 0 bridgehead atoms. The normalized spacial score (nSPS) is 20.9. The molecule has 4 atom stereocenters. The fourth-order valence-electron chi connectivity index (χ4n) is 8.53. The van der Waals surface area contributed by atoms with E-state index < -0.39 is 23.1 Å². The lowest BCUT2D eigenvalue weighted by molar-refractivity contribution is -0.899. The fraction of sp³-hybridized carbons (Fsp3) is 0.375. The number of benzene rings is 2. The second kappa shape index (κ2) is 22.6. The van der Waals surface area contributed by atoms with Crippen molar-refractivity contribution in [3.05, 3.63) is 161 Å². The van der Waals surface area contributed by atoms with Crippen LogP contribution in [0.1, 0.15) is 56.3 Å². The van der Waals surface area contributed by atoms with Gasteiger partial charge in [0.15, 0.2) is 12.2 Å². The lowest BCUT2D eigenvalue weighted by Gasteiger charge is -2.30. The summed E-state index contributed by atoms with van der Waals surface area (Å²) in [6.45, 7) is 5.69. The van der Waals surface area contributed by atoms with E-state index in [1.165, 1.54) is 56.5 Å². The number of likely N-dealkylation sites (tertiary alicyclic amines) is 2. The molecule has 62 heavy (non-hydrogen) atoms. The van der Waals surface area contributed by atoms with E-state index in [-0.39, 0.29) is 41.6 Å². The Morgan fingerprint density at radius 3 is 1.18 bits per heavy atom. The molecule has 2 N–H and O–H groups in total. The summed E-state index contributed by atoms with van der Waals surface area (Å²) < 4.78 is 13.6. The van der Waals surface area contributed by atoms with Crippen molar-refractivity contribution in [3.63, 3.8) is 0 Å². The van der Waals surface area contributed by atoms with Crippen molar-refractivity contribution < 1.29 is 67.6 Å². The summed E-state index contributed by atoms with van der Waals surface area (Å²) in [6, 6.07) is 35.7. The van der Waals surface area contributed by atoms with Gasteiger partial charge in [0.1, 0.15) is 13.1 Å². The molecule has 0 saturated carbocycles. The van der Waals surface area contributed by atoms with Crippen LogP contribution in [-0.4, -0.2) is 96.7 Å². The van der Waals surface area contributed by atoms with E-state index in [0.717, 1.165) is 86.8 Å². The lowest BCUT2D eigenvalue weighted by Crippen LogP contribution is -3.00. The van der Waals surface area contributed by atoms with Gasteiger partial charge >= 0.3 is 11.9 Å². The standard InChI is InChI=1S/2C24H28NO3S2.BrH.ClH/c2*1-25(14-5-10-19-8-3-2-4-9-19)15-13-20(18-25)28-23(26)24(27,21-11-6-16-29-21)22-12-7-17-30-22;;/h2*2-4,6-9,11-12,16-17,20,27H,5,10,13-15,18H2,1H3;2*1H/q2*+1;;/p-2. The van der Waals surface area contributed by atoms with Crippen molar-refractivity contribution in [1.82, 2.24) is 0 Å². The highest BCUT2D eigenvalue weighted by molar-refractivity contribution is 7.12. The first kappa shape index (κ1) is 49.8. The molecular formula is C48H56BrClN2O6S4. The van der Waals surface area contributed by atoms with E-state index in [1.807, 2.05) is 57.9 Å². The Kier molecular flexibility index (Phi) is 18.2. The van der Waals surface area contributed by atoms with Gasteiger partial charge in [-0.2, -0.15) is 0 Å². The van der Waals surface area contributed by atoms with Crippen LogP contribution in [0.3, 0.4) is 0 Å². The minimum atomic E-state index is -1.72. The van der Waals surface area contributed by atoms with E-state index in [1.54, 1.807) is 24.3 Å². The zero-order valence-corrected chi connectivity index (χ0v) is 40.8. The highest BCUT2D eigenvalue weighted by atomic mass is 79.9. The van der Waals surface area contributed by atoms with Crippen LogP contribution < -0.4 is 29.4 Å². The van der Waals surface area contributed by atoms with Crippen LogP contribution in [0.4, 0.5) is 0 Å². The monoisotopic (exact) mass is 998 g/mol. The maximum atomic E-state index is 13.2. The third-order valence-electron chi connectivity index (χ3n) is 11.9. The number of carbonyl (C=O) groups excluding carboxylic acids is 2. The summed E-state index contributed by atoms with van der Waals surface area (Å²) in [4.78, 5) is 28.7. The molecule has 0 aliphatic carbocycles. The molecule has 2 fully saturated rings. The Bertz CT molecular complexity index is 1980. The number of hydrogen-bond donors (Lipinski definition) is 2. The quantitative estimate of drug-likeness (QED) is 0.115. The van der Waals surface area contributed by atoms with Gasteiger partial charge in [0.05, 0.1) is 59.8 Å². The summed E-state index contributed by atoms with van der Waals surface area (Å²) in [6.07, 6.45) is 5.68. The molecule has 6 heterocycles. The second-order valence-electron chi connectivity index (χ2n) is 16.6. The summed E-state index contributed by atoms with van der Waals surface area (Å²) in [7, 11) is 4.48. The molecule has 2 aromatic carbocycles. The fourth-order valence-corrected chi connectivity index (χ4v) is 12.0. The molecule has 2 saturated heterocycles. The number of rotatable bonds is 16. The Balaban J connectivity index is 0.000000227. The number of halogens is 2. The van der Waals surface area contributed by atoms with Gasteiger partial charge in [-0.25, -0.2) is 9.59 Å². The summed E-state index contributed by atoms with van der Waals surface area (Å²) in [5.74, 6) is -1.12. The van der Waals surface area contributed by atoms with Gasteiger partial charge in [-0.1, -0.05) is 84.9 Å². The molecule has 4 aromatic heterocycles. The van der Waals surface area contributed by atoms with Gasteiger partial charge in [-0.3, -0.25) is 0 Å². The van der Waals surface area contributed by atoms with Crippen LogP contribution >= 0.6 is 45.3 Å². The van der Waals surface area contributed by atoms with Gasteiger partial charge in [0.2, 0.25) is 11.2 Å². The van der Waals surface area contributed by atoms with Crippen molar-refractivity contribution in [2.45, 2.75) is 61.9 Å². The lowest BCUT2D eigenvalue weighted by atomic mass is 10.00. The molecule has 8 rings (SSSR count). The predicted molar refractivity (Wildman–Crippen MR) is 243 cm³/mol. The number of thiophene rings is 4. The number of carbonyl (C=O) groups is 2. The Labute approximate surface area is 398 Å². The van der Waals surface area contributed by atoms with Crippen LogP contribution in [-0.2, 0) is 43.1 Å². The maximum absolute atomic E-state index is 13.2. The molecule has 0 spiro atoms. The number of quaternary nitrogens is 2. The van der Waals surface area contributed by atoms with Crippen molar-refractivity contribution >= 4 is 57.3 Å². The molecule has 6 aromatic rings. The predicted octanol–water partition coefficient (Wildman–Crippen LogP) is 2.89. The molecule has 0 amide bonds. The second-order valence-corrected chi connectivity index (χ2v) is 20.4. The largest absolute Gasteiger partial charge is 1.00 e. The van der Waals surface area contributed by atoms with Crippen LogP contribution in [0, 0.1) is 0 Å². The number of aryl methyl sites for hydroxylation is 2. The maximum Gasteiger partial charge on any atom is 0.349 e. The van der Waals surface area contributed by atoms with Crippen LogP contribution in [0.5, 0.6) is 0 Å². The van der Waals surface area contributed by atoms with Gasteiger partial charge < -0.3 is 58.0 Å². The number of aliphatic hydroxyl groups is 2. The highest BCUT2D eigenvalue weighted by Crippen LogP contribution is 2.39. The first-order chi connectivity index (χ1) is 29.0. The topological polar surface area (TPSA) is 93.1 Å². The van der Waals surface area contributed by atoms with E-state index in [0.29, 0.717) is 19.5 Å². The third-order valence-corrected chi connectivity index (χ3v) is 15.8. The zero-order chi connectivity index (χ0) is 42.1. The molecular weight excluding hydrogens is 944 g/mol. The van der Waals surface area contributed by atoms with E-state index in [9.17, 15) is 19.8 Å². The van der Waals surface area contributed by atoms with Crippen LogP contribution in [0.15, 0.2) is 131 Å². The molecule has 14 heteroatoms. The Morgan fingerprint density at radius 2 is 0.887 bits per heavy atom. The van der Waals surface area contributed by atoms with Crippen molar-refractivity contribution in [3.8, 4) is 0 Å². The van der Waals surface area contributed by atoms with Gasteiger partial charge in [0.25, 0.3) is 0 Å². The first-order valence-electron chi connectivity index (χ1n) is 20.8. The van der Waals surface area contributed by atoms with E-state index in [4.69, 9.17) is 9.47 Å². The Morgan fingerprint density at radius 1 is 0.565 bits per heavy atom. The molecule has 8 nitrogen and oxygen atoms in total. The number of esters is 2. The molecule has 0 radical (unpaired) electrons. The van der Waals surface area contributed by atoms with Gasteiger partial charge in [-0.15, -0.1) is 45.3 Å². The number of nitrogens with zero attached hydrogens (tertiary/aromatic N) is 2. The smallest absolute Gasteiger partial charge is 0.349 e. The molecule has 332 valence electrons. The number of likely N-dealkylation sites (N-methyl/N-ethyl adjacent to an activating group) is 2. The van der Waals surface area contributed by atoms with Gasteiger partial charge in [0, 0.05) is 25.7 Å². The SMILES string of the molecule is C[N+]1(CCCc2ccccc2)CCC(OC(=O)C(O)(c2cccs2)c2cccs2)C1.C[N+]1(CCCc2ccccc2)CCC(OC(=O)C(O)(c2cccs2)c2cccs2)C1.[Br-].[Cl-].